The fraction of sp³-hybridized carbons (Fsp3) is 0.333. The van der Waals surface area contributed by atoms with Gasteiger partial charge in [0.05, 0.1) is 0 Å². The standard InChI is InChI=1S/C39H45FN6O6/c40-39-35(49)21-31(22-36(39)50)46-17-15-44(24-29(46)11-13-38(42)52)27-8-6-25(7-9-27)18-32-33(47)19-30(20-34(32)48)45-16-14-43(26-4-2-1-3-5-26)23-28(45)10-12-37(41)51/h1-9,19-22,28-29,47-50H,10-18,23-24H2,(H2,41,51)(H2,42,52). The summed E-state index contributed by atoms with van der Waals surface area (Å²) < 4.78 is 13.9. The fourth-order valence-corrected chi connectivity index (χ4v) is 7.36. The molecule has 0 aliphatic carbocycles. The van der Waals surface area contributed by atoms with Crippen molar-refractivity contribution in [1.29, 1.82) is 0 Å². The number of anilines is 4. The van der Waals surface area contributed by atoms with Gasteiger partial charge in [-0.1, -0.05) is 30.3 Å². The van der Waals surface area contributed by atoms with Gasteiger partial charge in [0, 0.05) is 123 Å². The number of amides is 2. The van der Waals surface area contributed by atoms with Gasteiger partial charge in [0.15, 0.2) is 11.5 Å². The maximum atomic E-state index is 13.9. The number of carbonyl (C=O) groups excluding carboxylic acids is 2. The Morgan fingerprint density at radius 1 is 0.615 bits per heavy atom. The lowest BCUT2D eigenvalue weighted by Gasteiger charge is -2.44. The Hall–Kier alpha value is -5.85. The van der Waals surface area contributed by atoms with Crippen molar-refractivity contribution in [2.45, 2.75) is 44.2 Å². The number of rotatable bonds is 12. The molecule has 12 nitrogen and oxygen atoms in total. The van der Waals surface area contributed by atoms with Gasteiger partial charge in [0.25, 0.3) is 0 Å². The molecule has 4 aromatic carbocycles. The maximum Gasteiger partial charge on any atom is 0.217 e. The van der Waals surface area contributed by atoms with E-state index in [1.54, 1.807) is 12.1 Å². The molecule has 2 saturated heterocycles. The lowest BCUT2D eigenvalue weighted by atomic mass is 9.99. The summed E-state index contributed by atoms with van der Waals surface area (Å²) in [7, 11) is 0. The van der Waals surface area contributed by atoms with Crippen molar-refractivity contribution in [1.82, 2.24) is 0 Å². The van der Waals surface area contributed by atoms with Crippen molar-refractivity contribution in [2.24, 2.45) is 11.5 Å². The number of benzene rings is 4. The van der Waals surface area contributed by atoms with Crippen LogP contribution in [0.4, 0.5) is 27.1 Å². The number of nitrogens with two attached hydrogens (primary N) is 2. The molecule has 13 heteroatoms. The molecule has 274 valence electrons. The normalized spacial score (nSPS) is 17.7. The van der Waals surface area contributed by atoms with E-state index in [1.165, 1.54) is 12.1 Å². The summed E-state index contributed by atoms with van der Waals surface area (Å²) in [4.78, 5) is 31.8. The summed E-state index contributed by atoms with van der Waals surface area (Å²) in [6, 6.07) is 23.5. The monoisotopic (exact) mass is 712 g/mol. The number of aromatic hydroxyl groups is 4. The zero-order valence-corrected chi connectivity index (χ0v) is 28.9. The molecule has 2 amide bonds. The lowest BCUT2D eigenvalue weighted by molar-refractivity contribution is -0.119. The maximum absolute atomic E-state index is 13.9. The van der Waals surface area contributed by atoms with Crippen molar-refractivity contribution in [3.05, 3.63) is 95.8 Å². The first-order valence-electron chi connectivity index (χ1n) is 17.5. The molecular weight excluding hydrogens is 667 g/mol. The molecule has 0 bridgehead atoms. The predicted molar refractivity (Wildman–Crippen MR) is 199 cm³/mol. The number of hydrogen-bond acceptors (Lipinski definition) is 10. The number of para-hydroxylation sites is 1. The summed E-state index contributed by atoms with van der Waals surface area (Å²) in [6.45, 7) is 3.59. The Kier molecular flexibility index (Phi) is 10.8. The van der Waals surface area contributed by atoms with E-state index < -0.39 is 23.2 Å². The van der Waals surface area contributed by atoms with E-state index in [1.807, 2.05) is 47.4 Å². The van der Waals surface area contributed by atoms with Gasteiger partial charge in [-0.25, -0.2) is 0 Å². The van der Waals surface area contributed by atoms with Crippen molar-refractivity contribution in [3.63, 3.8) is 0 Å². The number of hydrogen-bond donors (Lipinski definition) is 6. The summed E-state index contributed by atoms with van der Waals surface area (Å²) in [5.41, 5.74) is 15.4. The highest BCUT2D eigenvalue weighted by molar-refractivity contribution is 5.74. The Bertz CT molecular complexity index is 1850. The molecule has 2 aliphatic heterocycles. The van der Waals surface area contributed by atoms with Crippen molar-refractivity contribution < 1.29 is 34.4 Å². The molecule has 2 unspecified atom stereocenters. The molecule has 2 atom stereocenters. The van der Waals surface area contributed by atoms with Crippen LogP contribution in [0.1, 0.15) is 36.8 Å². The summed E-state index contributed by atoms with van der Waals surface area (Å²) in [5.74, 6) is -3.26. The molecular formula is C39H45FN6O6. The number of phenols is 4. The van der Waals surface area contributed by atoms with E-state index in [0.29, 0.717) is 62.5 Å². The van der Waals surface area contributed by atoms with E-state index in [4.69, 9.17) is 11.5 Å². The van der Waals surface area contributed by atoms with Gasteiger partial charge in [-0.05, 0) is 42.7 Å². The molecule has 6 rings (SSSR count). The fourth-order valence-electron chi connectivity index (χ4n) is 7.36. The Morgan fingerprint density at radius 3 is 1.52 bits per heavy atom. The third kappa shape index (κ3) is 8.20. The minimum atomic E-state index is -1.09. The first-order valence-corrected chi connectivity index (χ1v) is 17.5. The van der Waals surface area contributed by atoms with Crippen molar-refractivity contribution in [3.8, 4) is 23.0 Å². The van der Waals surface area contributed by atoms with Gasteiger partial charge in [0.2, 0.25) is 17.6 Å². The smallest absolute Gasteiger partial charge is 0.217 e. The van der Waals surface area contributed by atoms with Crippen molar-refractivity contribution in [2.75, 3.05) is 58.9 Å². The van der Waals surface area contributed by atoms with Crippen LogP contribution in [0.15, 0.2) is 78.9 Å². The molecule has 52 heavy (non-hydrogen) atoms. The van der Waals surface area contributed by atoms with Crippen LogP contribution in [0.5, 0.6) is 23.0 Å². The number of piperazine rings is 2. The van der Waals surface area contributed by atoms with Crippen LogP contribution >= 0.6 is 0 Å². The number of nitrogens with zero attached hydrogens (tertiary/aromatic N) is 4. The van der Waals surface area contributed by atoms with Crippen LogP contribution in [0, 0.1) is 5.82 Å². The molecule has 4 aromatic rings. The highest BCUT2D eigenvalue weighted by Crippen LogP contribution is 2.38. The molecule has 0 saturated carbocycles. The zero-order valence-electron chi connectivity index (χ0n) is 28.9. The number of halogens is 1. The van der Waals surface area contributed by atoms with E-state index in [9.17, 15) is 34.4 Å². The Balaban J connectivity index is 1.15. The molecule has 0 spiro atoms. The minimum absolute atomic E-state index is 0.0236. The van der Waals surface area contributed by atoms with Crippen LogP contribution in [0.2, 0.25) is 0 Å². The third-order valence-electron chi connectivity index (χ3n) is 10.1. The largest absolute Gasteiger partial charge is 0.507 e. The number of primary amides is 2. The number of carbonyl (C=O) groups is 2. The summed E-state index contributed by atoms with van der Waals surface area (Å²) >= 11 is 0. The van der Waals surface area contributed by atoms with E-state index >= 15 is 0 Å². The molecule has 8 N–H and O–H groups in total. The molecule has 2 aliphatic rings. The van der Waals surface area contributed by atoms with Crippen molar-refractivity contribution >= 4 is 34.6 Å². The van der Waals surface area contributed by atoms with E-state index in [0.717, 1.165) is 23.5 Å². The van der Waals surface area contributed by atoms with Crippen LogP contribution in [0.3, 0.4) is 0 Å². The quantitative estimate of drug-likeness (QED) is 0.125. The third-order valence-corrected chi connectivity index (χ3v) is 10.1. The van der Waals surface area contributed by atoms with Gasteiger partial charge in [-0.2, -0.15) is 4.39 Å². The van der Waals surface area contributed by atoms with Crippen LogP contribution in [-0.2, 0) is 16.0 Å². The van der Waals surface area contributed by atoms with Crippen LogP contribution in [0.25, 0.3) is 0 Å². The molecule has 2 fully saturated rings. The Labute approximate surface area is 301 Å². The lowest BCUT2D eigenvalue weighted by Crippen LogP contribution is -2.53. The highest BCUT2D eigenvalue weighted by atomic mass is 19.1. The van der Waals surface area contributed by atoms with Gasteiger partial charge in [-0.3, -0.25) is 9.59 Å². The topological polar surface area (TPSA) is 180 Å². The van der Waals surface area contributed by atoms with Crippen LogP contribution < -0.4 is 31.1 Å². The van der Waals surface area contributed by atoms with Gasteiger partial charge in [0.1, 0.15) is 11.5 Å². The van der Waals surface area contributed by atoms with E-state index in [2.05, 4.69) is 26.8 Å². The van der Waals surface area contributed by atoms with Crippen LogP contribution in [-0.4, -0.2) is 83.6 Å². The summed E-state index contributed by atoms with van der Waals surface area (Å²) in [5, 5.41) is 42.3. The second-order valence-corrected chi connectivity index (χ2v) is 13.5. The summed E-state index contributed by atoms with van der Waals surface area (Å²) in [6.07, 6.45) is 1.61. The first-order chi connectivity index (χ1) is 25.0. The van der Waals surface area contributed by atoms with Gasteiger partial charge in [-0.15, -0.1) is 0 Å². The second kappa shape index (κ2) is 15.6. The van der Waals surface area contributed by atoms with Gasteiger partial charge < -0.3 is 51.5 Å². The Morgan fingerprint density at radius 2 is 1.06 bits per heavy atom. The SMILES string of the molecule is NC(=O)CCC1CN(c2ccc(Cc3c(O)cc(N4CCN(c5ccccc5)CC4CCC(N)=O)cc3O)cc2)CCN1c1cc(O)c(F)c(O)c1. The number of phenolic OH excluding ortho intramolecular Hbond substituents is 4. The highest BCUT2D eigenvalue weighted by Gasteiger charge is 2.31. The minimum Gasteiger partial charge on any atom is -0.507 e. The second-order valence-electron chi connectivity index (χ2n) is 13.5. The predicted octanol–water partition coefficient (Wildman–Crippen LogP) is 4.16. The average Bonchev–Trinajstić information content (AvgIpc) is 3.13. The molecule has 2 heterocycles. The average molecular weight is 713 g/mol. The molecule has 0 radical (unpaired) electrons. The first kappa shape index (κ1) is 36.0. The zero-order chi connectivity index (χ0) is 36.9. The molecule has 0 aromatic heterocycles. The van der Waals surface area contributed by atoms with Gasteiger partial charge >= 0.3 is 0 Å². The van der Waals surface area contributed by atoms with E-state index in [-0.39, 0.29) is 48.8 Å².